The van der Waals surface area contributed by atoms with E-state index < -0.39 is 0 Å². The van der Waals surface area contributed by atoms with Gasteiger partial charge in [-0.15, -0.1) is 0 Å². The van der Waals surface area contributed by atoms with Crippen LogP contribution in [0.15, 0.2) is 18.2 Å². The van der Waals surface area contributed by atoms with Gasteiger partial charge < -0.3 is 10.5 Å². The molecule has 0 bridgehead atoms. The van der Waals surface area contributed by atoms with Gasteiger partial charge in [0.15, 0.2) is 0 Å². The molecular weight excluding hydrogens is 224 g/mol. The van der Waals surface area contributed by atoms with Gasteiger partial charge >= 0.3 is 0 Å². The zero-order chi connectivity index (χ0) is 13.0. The minimum atomic E-state index is 0.543. The van der Waals surface area contributed by atoms with Gasteiger partial charge in [-0.1, -0.05) is 18.6 Å². The van der Waals surface area contributed by atoms with E-state index in [-0.39, 0.29) is 0 Å². The van der Waals surface area contributed by atoms with Crippen LogP contribution in [0.2, 0.25) is 0 Å². The summed E-state index contributed by atoms with van der Waals surface area (Å²) < 4.78 is 5.90. The summed E-state index contributed by atoms with van der Waals surface area (Å²) >= 11 is 0. The molecule has 2 N–H and O–H groups in total. The highest BCUT2D eigenvalue weighted by molar-refractivity contribution is 5.47. The van der Waals surface area contributed by atoms with E-state index in [4.69, 9.17) is 15.7 Å². The van der Waals surface area contributed by atoms with Crippen molar-refractivity contribution < 1.29 is 4.74 Å². The number of benzene rings is 1. The van der Waals surface area contributed by atoms with Crippen LogP contribution in [0.5, 0.6) is 5.75 Å². The van der Waals surface area contributed by atoms with E-state index in [1.807, 2.05) is 19.1 Å². The smallest absolute Gasteiger partial charge is 0.139 e. The molecule has 2 atom stereocenters. The average Bonchev–Trinajstić information content (AvgIpc) is 2.84. The average molecular weight is 244 g/mol. The van der Waals surface area contributed by atoms with Crippen molar-refractivity contribution in [1.82, 2.24) is 0 Å². The molecule has 1 aromatic carbocycles. The number of hydrogen-bond donors (Lipinski definition) is 1. The zero-order valence-corrected chi connectivity index (χ0v) is 10.9. The lowest BCUT2D eigenvalue weighted by Gasteiger charge is -2.19. The minimum absolute atomic E-state index is 0.543. The van der Waals surface area contributed by atoms with Crippen molar-refractivity contribution in [2.45, 2.75) is 26.2 Å². The van der Waals surface area contributed by atoms with Crippen molar-refractivity contribution in [3.63, 3.8) is 0 Å². The number of rotatable bonds is 4. The third-order valence-electron chi connectivity index (χ3n) is 3.89. The molecule has 2 rings (SSSR count). The highest BCUT2D eigenvalue weighted by Crippen LogP contribution is 2.32. The summed E-state index contributed by atoms with van der Waals surface area (Å²) in [5.41, 5.74) is 7.42. The van der Waals surface area contributed by atoms with Gasteiger partial charge in [0.25, 0.3) is 0 Å². The SMILES string of the molecule is Cc1cccc(C#N)c1OCC1CCCC1CN. The molecule has 0 aromatic heterocycles. The lowest BCUT2D eigenvalue weighted by Crippen LogP contribution is -2.23. The van der Waals surface area contributed by atoms with Crippen LogP contribution in [0, 0.1) is 30.1 Å². The summed E-state index contributed by atoms with van der Waals surface area (Å²) in [5, 5.41) is 9.08. The number of ether oxygens (including phenoxy) is 1. The van der Waals surface area contributed by atoms with Crippen LogP contribution in [0.3, 0.4) is 0 Å². The van der Waals surface area contributed by atoms with E-state index in [1.165, 1.54) is 19.3 Å². The van der Waals surface area contributed by atoms with E-state index >= 15 is 0 Å². The van der Waals surface area contributed by atoms with Crippen molar-refractivity contribution in [3.05, 3.63) is 29.3 Å². The molecule has 3 nitrogen and oxygen atoms in total. The highest BCUT2D eigenvalue weighted by atomic mass is 16.5. The van der Waals surface area contributed by atoms with Crippen LogP contribution < -0.4 is 10.5 Å². The fourth-order valence-corrected chi connectivity index (χ4v) is 2.77. The first-order valence-electron chi connectivity index (χ1n) is 6.58. The standard InChI is InChI=1S/C15H20N2O/c1-11-4-2-6-13(9-17)15(11)18-10-14-7-3-5-12(14)8-16/h2,4,6,12,14H,3,5,7-8,10,16H2,1H3. The molecule has 3 heteroatoms. The van der Waals surface area contributed by atoms with Crippen molar-refractivity contribution in [2.75, 3.05) is 13.2 Å². The van der Waals surface area contributed by atoms with Crippen LogP contribution in [-0.4, -0.2) is 13.2 Å². The Labute approximate surface area is 109 Å². The fourth-order valence-electron chi connectivity index (χ4n) is 2.77. The maximum absolute atomic E-state index is 9.08. The third kappa shape index (κ3) is 2.65. The van der Waals surface area contributed by atoms with E-state index in [9.17, 15) is 0 Å². The first-order chi connectivity index (χ1) is 8.76. The molecule has 0 aliphatic heterocycles. The van der Waals surface area contributed by atoms with Crippen LogP contribution in [0.4, 0.5) is 0 Å². The van der Waals surface area contributed by atoms with E-state index in [0.29, 0.717) is 24.0 Å². The van der Waals surface area contributed by atoms with E-state index in [1.54, 1.807) is 6.07 Å². The predicted octanol–water partition coefficient (Wildman–Crippen LogP) is 2.62. The maximum Gasteiger partial charge on any atom is 0.139 e. The van der Waals surface area contributed by atoms with Gasteiger partial charge in [-0.3, -0.25) is 0 Å². The van der Waals surface area contributed by atoms with Crippen molar-refractivity contribution in [1.29, 1.82) is 5.26 Å². The summed E-state index contributed by atoms with van der Waals surface area (Å²) in [6.07, 6.45) is 3.65. The number of nitrogens with zero attached hydrogens (tertiary/aromatic N) is 1. The molecule has 0 heterocycles. The molecule has 0 radical (unpaired) electrons. The molecular formula is C15H20N2O. The van der Waals surface area contributed by atoms with Gasteiger partial charge in [-0.25, -0.2) is 0 Å². The predicted molar refractivity (Wildman–Crippen MR) is 71.3 cm³/mol. The fraction of sp³-hybridized carbons (Fsp3) is 0.533. The lowest BCUT2D eigenvalue weighted by atomic mass is 9.97. The Morgan fingerprint density at radius 2 is 2.17 bits per heavy atom. The van der Waals surface area contributed by atoms with Crippen molar-refractivity contribution >= 4 is 0 Å². The maximum atomic E-state index is 9.08. The van der Waals surface area contributed by atoms with Gasteiger partial charge in [0.05, 0.1) is 12.2 Å². The number of nitrogens with two attached hydrogens (primary N) is 1. The molecule has 2 unspecified atom stereocenters. The third-order valence-corrected chi connectivity index (χ3v) is 3.89. The van der Waals surface area contributed by atoms with Crippen molar-refractivity contribution in [2.24, 2.45) is 17.6 Å². The summed E-state index contributed by atoms with van der Waals surface area (Å²) in [6.45, 7) is 3.40. The quantitative estimate of drug-likeness (QED) is 0.885. The molecule has 1 aliphatic carbocycles. The molecule has 0 amide bonds. The molecule has 0 spiro atoms. The normalized spacial score (nSPS) is 22.7. The second kappa shape index (κ2) is 5.88. The molecule has 1 aromatic rings. The summed E-state index contributed by atoms with van der Waals surface area (Å²) in [5.74, 6) is 1.86. The van der Waals surface area contributed by atoms with Gasteiger partial charge in [-0.2, -0.15) is 5.26 Å². The van der Waals surface area contributed by atoms with Crippen LogP contribution >= 0.6 is 0 Å². The summed E-state index contributed by atoms with van der Waals surface area (Å²) in [7, 11) is 0. The molecule has 18 heavy (non-hydrogen) atoms. The number of nitriles is 1. The summed E-state index contributed by atoms with van der Waals surface area (Å²) in [6, 6.07) is 7.86. The van der Waals surface area contributed by atoms with Gasteiger partial charge in [-0.05, 0) is 49.8 Å². The summed E-state index contributed by atoms with van der Waals surface area (Å²) in [4.78, 5) is 0. The van der Waals surface area contributed by atoms with E-state index in [0.717, 1.165) is 17.9 Å². The molecule has 1 fully saturated rings. The first-order valence-corrected chi connectivity index (χ1v) is 6.58. The van der Waals surface area contributed by atoms with E-state index in [2.05, 4.69) is 6.07 Å². The molecule has 96 valence electrons. The Bertz CT molecular complexity index is 450. The Balaban J connectivity index is 2.04. The molecule has 1 saturated carbocycles. The Kier molecular flexibility index (Phi) is 4.22. The number of hydrogen-bond acceptors (Lipinski definition) is 3. The first kappa shape index (κ1) is 12.9. The molecule has 1 aliphatic rings. The Morgan fingerprint density at radius 1 is 1.39 bits per heavy atom. The van der Waals surface area contributed by atoms with Crippen molar-refractivity contribution in [3.8, 4) is 11.8 Å². The lowest BCUT2D eigenvalue weighted by molar-refractivity contribution is 0.215. The van der Waals surface area contributed by atoms with Crippen LogP contribution in [0.1, 0.15) is 30.4 Å². The number of para-hydroxylation sites is 1. The van der Waals surface area contributed by atoms with Gasteiger partial charge in [0.1, 0.15) is 11.8 Å². The Morgan fingerprint density at radius 3 is 2.89 bits per heavy atom. The highest BCUT2D eigenvalue weighted by Gasteiger charge is 2.26. The topological polar surface area (TPSA) is 59.0 Å². The van der Waals surface area contributed by atoms with Gasteiger partial charge in [0, 0.05) is 0 Å². The molecule has 0 saturated heterocycles. The van der Waals surface area contributed by atoms with Crippen LogP contribution in [-0.2, 0) is 0 Å². The zero-order valence-electron chi connectivity index (χ0n) is 10.9. The Hall–Kier alpha value is -1.53. The van der Waals surface area contributed by atoms with Gasteiger partial charge in [0.2, 0.25) is 0 Å². The van der Waals surface area contributed by atoms with Crippen LogP contribution in [0.25, 0.3) is 0 Å². The largest absolute Gasteiger partial charge is 0.492 e. The minimum Gasteiger partial charge on any atom is -0.492 e. The second-order valence-corrected chi connectivity index (χ2v) is 5.06. The monoisotopic (exact) mass is 244 g/mol. The number of aryl methyl sites for hydroxylation is 1. The second-order valence-electron chi connectivity index (χ2n) is 5.06.